The first-order chi connectivity index (χ1) is 9.79. The molecule has 4 heteroatoms. The SMILES string of the molecule is Cc1ccnc(NC2CCOc3ccccc32)c1C#N. The van der Waals surface area contributed by atoms with Crippen LogP contribution in [0, 0.1) is 18.3 Å². The predicted molar refractivity (Wildman–Crippen MR) is 76.6 cm³/mol. The fraction of sp³-hybridized carbons (Fsp3) is 0.250. The smallest absolute Gasteiger partial charge is 0.144 e. The van der Waals surface area contributed by atoms with E-state index in [4.69, 9.17) is 4.74 Å². The van der Waals surface area contributed by atoms with Gasteiger partial charge in [-0.2, -0.15) is 5.26 Å². The van der Waals surface area contributed by atoms with Crippen LogP contribution in [0.2, 0.25) is 0 Å². The number of anilines is 1. The predicted octanol–water partition coefficient (Wildman–Crippen LogP) is 3.20. The molecule has 0 bridgehead atoms. The van der Waals surface area contributed by atoms with E-state index in [0.29, 0.717) is 18.0 Å². The van der Waals surface area contributed by atoms with Crippen LogP contribution in [0.3, 0.4) is 0 Å². The van der Waals surface area contributed by atoms with Gasteiger partial charge >= 0.3 is 0 Å². The Morgan fingerprint density at radius 3 is 3.05 bits per heavy atom. The molecule has 4 nitrogen and oxygen atoms in total. The molecule has 1 atom stereocenters. The Kier molecular flexibility index (Phi) is 3.26. The van der Waals surface area contributed by atoms with Gasteiger partial charge in [-0.1, -0.05) is 18.2 Å². The van der Waals surface area contributed by atoms with Crippen LogP contribution in [0.5, 0.6) is 5.75 Å². The highest BCUT2D eigenvalue weighted by Crippen LogP contribution is 2.34. The minimum atomic E-state index is 0.126. The van der Waals surface area contributed by atoms with Gasteiger partial charge in [0.25, 0.3) is 0 Å². The van der Waals surface area contributed by atoms with Gasteiger partial charge in [-0.05, 0) is 24.6 Å². The van der Waals surface area contributed by atoms with E-state index in [0.717, 1.165) is 23.3 Å². The van der Waals surface area contributed by atoms with Gasteiger partial charge < -0.3 is 10.1 Å². The van der Waals surface area contributed by atoms with Crippen LogP contribution in [-0.4, -0.2) is 11.6 Å². The van der Waals surface area contributed by atoms with Crippen LogP contribution in [-0.2, 0) is 0 Å². The number of fused-ring (bicyclic) bond motifs is 1. The van der Waals surface area contributed by atoms with Gasteiger partial charge in [0.1, 0.15) is 17.6 Å². The van der Waals surface area contributed by atoms with E-state index in [-0.39, 0.29) is 6.04 Å². The minimum absolute atomic E-state index is 0.126. The molecule has 1 aliphatic rings. The second kappa shape index (κ2) is 5.22. The average molecular weight is 265 g/mol. The number of hydrogen-bond donors (Lipinski definition) is 1. The zero-order valence-electron chi connectivity index (χ0n) is 11.3. The zero-order chi connectivity index (χ0) is 13.9. The zero-order valence-corrected chi connectivity index (χ0v) is 11.3. The summed E-state index contributed by atoms with van der Waals surface area (Å²) < 4.78 is 5.65. The third-order valence-corrected chi connectivity index (χ3v) is 3.54. The quantitative estimate of drug-likeness (QED) is 0.906. The van der Waals surface area contributed by atoms with Crippen molar-refractivity contribution < 1.29 is 4.74 Å². The largest absolute Gasteiger partial charge is 0.493 e. The average Bonchev–Trinajstić information content (AvgIpc) is 2.48. The van der Waals surface area contributed by atoms with Crippen molar-refractivity contribution in [3.05, 3.63) is 53.2 Å². The summed E-state index contributed by atoms with van der Waals surface area (Å²) in [6.07, 6.45) is 2.58. The molecule has 0 radical (unpaired) electrons. The van der Waals surface area contributed by atoms with Crippen molar-refractivity contribution >= 4 is 5.82 Å². The highest BCUT2D eigenvalue weighted by atomic mass is 16.5. The first-order valence-electron chi connectivity index (χ1n) is 6.63. The van der Waals surface area contributed by atoms with E-state index in [9.17, 15) is 5.26 Å². The highest BCUT2D eigenvalue weighted by molar-refractivity contribution is 5.57. The van der Waals surface area contributed by atoms with Crippen LogP contribution in [0.1, 0.15) is 29.2 Å². The van der Waals surface area contributed by atoms with Crippen LogP contribution in [0.25, 0.3) is 0 Å². The molecule has 1 unspecified atom stereocenters. The summed E-state index contributed by atoms with van der Waals surface area (Å²) in [5.41, 5.74) is 2.66. The first kappa shape index (κ1) is 12.5. The molecule has 20 heavy (non-hydrogen) atoms. The van der Waals surface area contributed by atoms with Crippen LogP contribution in [0.4, 0.5) is 5.82 Å². The van der Waals surface area contributed by atoms with Crippen molar-refractivity contribution in [1.29, 1.82) is 5.26 Å². The molecule has 0 saturated carbocycles. The molecule has 100 valence electrons. The molecule has 0 fully saturated rings. The lowest BCUT2D eigenvalue weighted by molar-refractivity contribution is 0.274. The standard InChI is InChI=1S/C16H15N3O/c1-11-6-8-18-16(13(11)10-17)19-14-7-9-20-15-5-3-2-4-12(14)15/h2-6,8,14H,7,9H2,1H3,(H,18,19). The Morgan fingerprint density at radius 1 is 1.35 bits per heavy atom. The van der Waals surface area contributed by atoms with Crippen molar-refractivity contribution in [1.82, 2.24) is 4.98 Å². The van der Waals surface area contributed by atoms with Crippen molar-refractivity contribution in [3.8, 4) is 11.8 Å². The summed E-state index contributed by atoms with van der Waals surface area (Å²) in [7, 11) is 0. The van der Waals surface area contributed by atoms with E-state index < -0.39 is 0 Å². The van der Waals surface area contributed by atoms with Gasteiger partial charge in [0.15, 0.2) is 0 Å². The van der Waals surface area contributed by atoms with E-state index in [2.05, 4.69) is 16.4 Å². The van der Waals surface area contributed by atoms with Gasteiger partial charge in [-0.25, -0.2) is 4.98 Å². The maximum atomic E-state index is 9.27. The lowest BCUT2D eigenvalue weighted by Crippen LogP contribution is -2.21. The van der Waals surface area contributed by atoms with E-state index in [1.165, 1.54) is 0 Å². The van der Waals surface area contributed by atoms with Gasteiger partial charge in [0.2, 0.25) is 0 Å². The monoisotopic (exact) mass is 265 g/mol. The molecule has 1 aliphatic heterocycles. The Morgan fingerprint density at radius 2 is 2.20 bits per heavy atom. The van der Waals surface area contributed by atoms with Gasteiger partial charge in [0, 0.05) is 18.2 Å². The summed E-state index contributed by atoms with van der Waals surface area (Å²) >= 11 is 0. The van der Waals surface area contributed by atoms with Gasteiger partial charge in [-0.15, -0.1) is 0 Å². The van der Waals surface area contributed by atoms with Crippen molar-refractivity contribution in [2.75, 3.05) is 11.9 Å². The highest BCUT2D eigenvalue weighted by Gasteiger charge is 2.22. The van der Waals surface area contributed by atoms with E-state index in [1.807, 2.05) is 37.3 Å². The van der Waals surface area contributed by atoms with Crippen LogP contribution in [0.15, 0.2) is 36.5 Å². The normalized spacial score (nSPS) is 16.7. The van der Waals surface area contributed by atoms with Crippen LogP contribution >= 0.6 is 0 Å². The molecular formula is C16H15N3O. The second-order valence-electron chi connectivity index (χ2n) is 4.84. The van der Waals surface area contributed by atoms with E-state index in [1.54, 1.807) is 6.20 Å². The number of aromatic nitrogens is 1. The molecule has 2 aromatic rings. The third kappa shape index (κ3) is 2.19. The fourth-order valence-electron chi connectivity index (χ4n) is 2.47. The number of para-hydroxylation sites is 1. The maximum absolute atomic E-state index is 9.27. The molecule has 1 aromatic heterocycles. The number of nitrogens with zero attached hydrogens (tertiary/aromatic N) is 2. The molecule has 1 N–H and O–H groups in total. The Balaban J connectivity index is 1.94. The summed E-state index contributed by atoms with van der Waals surface area (Å²) in [4.78, 5) is 4.30. The number of benzene rings is 1. The number of pyridine rings is 1. The first-order valence-corrected chi connectivity index (χ1v) is 6.63. The number of nitriles is 1. The Bertz CT molecular complexity index is 676. The van der Waals surface area contributed by atoms with Gasteiger partial charge in [-0.3, -0.25) is 0 Å². The van der Waals surface area contributed by atoms with Crippen LogP contribution < -0.4 is 10.1 Å². The molecule has 0 aliphatic carbocycles. The number of rotatable bonds is 2. The number of hydrogen-bond acceptors (Lipinski definition) is 4. The summed E-state index contributed by atoms with van der Waals surface area (Å²) in [5.74, 6) is 1.55. The Hall–Kier alpha value is -2.54. The van der Waals surface area contributed by atoms with Crippen molar-refractivity contribution in [2.45, 2.75) is 19.4 Å². The molecular weight excluding hydrogens is 250 g/mol. The lowest BCUT2D eigenvalue weighted by atomic mass is 10.00. The van der Waals surface area contributed by atoms with E-state index >= 15 is 0 Å². The van der Waals surface area contributed by atoms with Crippen molar-refractivity contribution in [3.63, 3.8) is 0 Å². The Labute approximate surface area is 118 Å². The molecule has 0 amide bonds. The number of aryl methyl sites for hydroxylation is 1. The lowest BCUT2D eigenvalue weighted by Gasteiger charge is -2.27. The second-order valence-corrected chi connectivity index (χ2v) is 4.84. The number of nitrogens with one attached hydrogen (secondary N) is 1. The third-order valence-electron chi connectivity index (χ3n) is 3.54. The van der Waals surface area contributed by atoms with Gasteiger partial charge in [0.05, 0.1) is 18.2 Å². The van der Waals surface area contributed by atoms with Crippen molar-refractivity contribution in [2.24, 2.45) is 0 Å². The molecule has 1 aromatic carbocycles. The molecule has 3 rings (SSSR count). The summed E-state index contributed by atoms with van der Waals surface area (Å²) in [5, 5.41) is 12.7. The molecule has 0 spiro atoms. The fourth-order valence-corrected chi connectivity index (χ4v) is 2.47. The summed E-state index contributed by atoms with van der Waals surface area (Å²) in [6.45, 7) is 2.59. The summed E-state index contributed by atoms with van der Waals surface area (Å²) in [6, 6.07) is 12.2. The minimum Gasteiger partial charge on any atom is -0.493 e. The molecule has 2 heterocycles. The number of ether oxygens (including phenoxy) is 1. The maximum Gasteiger partial charge on any atom is 0.144 e. The topological polar surface area (TPSA) is 57.9 Å². The molecule has 0 saturated heterocycles.